The summed E-state index contributed by atoms with van der Waals surface area (Å²) in [6, 6.07) is 8.08. The molecule has 2 nitrogen and oxygen atoms in total. The molecular weight excluding hydrogens is 210 g/mol. The molecule has 0 amide bonds. The zero-order valence-corrected chi connectivity index (χ0v) is 10.7. The lowest BCUT2D eigenvalue weighted by molar-refractivity contribution is 0.322. The summed E-state index contributed by atoms with van der Waals surface area (Å²) in [6.07, 6.45) is 5.85. The van der Waals surface area contributed by atoms with E-state index in [-0.39, 0.29) is 0 Å². The molecule has 0 spiro atoms. The zero-order chi connectivity index (χ0) is 12.5. The summed E-state index contributed by atoms with van der Waals surface area (Å²) in [4.78, 5) is 0. The van der Waals surface area contributed by atoms with Crippen LogP contribution < -0.4 is 10.1 Å². The number of benzene rings is 1. The van der Waals surface area contributed by atoms with Gasteiger partial charge < -0.3 is 10.1 Å². The highest BCUT2D eigenvalue weighted by Gasteiger charge is 2.02. The Morgan fingerprint density at radius 2 is 2.12 bits per heavy atom. The second-order valence-electron chi connectivity index (χ2n) is 4.44. The van der Waals surface area contributed by atoms with Crippen molar-refractivity contribution in [3.63, 3.8) is 0 Å². The van der Waals surface area contributed by atoms with Crippen molar-refractivity contribution in [3.8, 4) is 18.1 Å². The first kappa shape index (κ1) is 13.6. The monoisotopic (exact) mass is 231 g/mol. The Kier molecular flexibility index (Phi) is 6.21. The fourth-order valence-corrected chi connectivity index (χ4v) is 1.51. The minimum absolute atomic E-state index is 0.581. The maximum Gasteiger partial charge on any atom is 0.123 e. The second kappa shape index (κ2) is 7.76. The van der Waals surface area contributed by atoms with Gasteiger partial charge >= 0.3 is 0 Å². The Morgan fingerprint density at radius 1 is 1.35 bits per heavy atom. The predicted octanol–water partition coefficient (Wildman–Crippen LogP) is 2.83. The summed E-state index contributed by atoms with van der Waals surface area (Å²) in [6.45, 7) is 6.82. The number of hydrogen-bond acceptors (Lipinski definition) is 2. The largest absolute Gasteiger partial charge is 0.492 e. The number of rotatable bonds is 7. The molecule has 0 heterocycles. The van der Waals surface area contributed by atoms with Gasteiger partial charge in [-0.1, -0.05) is 32.0 Å². The van der Waals surface area contributed by atoms with Gasteiger partial charge in [0.1, 0.15) is 5.75 Å². The topological polar surface area (TPSA) is 21.3 Å². The standard InChI is InChI=1S/C15H21NO/c1-4-5-10-17-15-9-7-6-8-14(15)12-16-11-13(2)3/h1,6-9,13,16H,5,10-12H2,2-3H3. The van der Waals surface area contributed by atoms with Gasteiger partial charge in [0.15, 0.2) is 0 Å². The quantitative estimate of drug-likeness (QED) is 0.575. The molecule has 0 saturated heterocycles. The van der Waals surface area contributed by atoms with Crippen molar-refractivity contribution in [2.45, 2.75) is 26.8 Å². The van der Waals surface area contributed by atoms with E-state index in [2.05, 4.69) is 31.2 Å². The summed E-state index contributed by atoms with van der Waals surface area (Å²) < 4.78 is 5.65. The molecule has 2 heteroatoms. The van der Waals surface area contributed by atoms with Gasteiger partial charge in [-0.15, -0.1) is 12.3 Å². The van der Waals surface area contributed by atoms with Gasteiger partial charge in [0.2, 0.25) is 0 Å². The van der Waals surface area contributed by atoms with Crippen LogP contribution >= 0.6 is 0 Å². The minimum atomic E-state index is 0.581. The molecule has 0 aliphatic carbocycles. The molecule has 0 atom stereocenters. The smallest absolute Gasteiger partial charge is 0.123 e. The minimum Gasteiger partial charge on any atom is -0.492 e. The molecule has 0 bridgehead atoms. The Bertz CT molecular complexity index is 365. The fourth-order valence-electron chi connectivity index (χ4n) is 1.51. The van der Waals surface area contributed by atoms with Crippen LogP contribution in [0.1, 0.15) is 25.8 Å². The Hall–Kier alpha value is -1.46. The van der Waals surface area contributed by atoms with Crippen molar-refractivity contribution < 1.29 is 4.74 Å². The molecule has 0 saturated carbocycles. The van der Waals surface area contributed by atoms with Crippen LogP contribution in [0, 0.1) is 18.3 Å². The summed E-state index contributed by atoms with van der Waals surface area (Å²) in [5, 5.41) is 3.41. The van der Waals surface area contributed by atoms with E-state index in [1.807, 2.05) is 18.2 Å². The molecule has 0 radical (unpaired) electrons. The lowest BCUT2D eigenvalue weighted by atomic mass is 10.2. The molecule has 0 aromatic heterocycles. The first-order valence-electron chi connectivity index (χ1n) is 6.09. The maximum atomic E-state index is 5.65. The number of para-hydroxylation sites is 1. The fraction of sp³-hybridized carbons (Fsp3) is 0.467. The van der Waals surface area contributed by atoms with Crippen LogP contribution in [0.25, 0.3) is 0 Å². The highest BCUT2D eigenvalue weighted by Crippen LogP contribution is 2.17. The zero-order valence-electron chi connectivity index (χ0n) is 10.7. The van der Waals surface area contributed by atoms with Crippen molar-refractivity contribution in [3.05, 3.63) is 29.8 Å². The van der Waals surface area contributed by atoms with Crippen LogP contribution in [0.4, 0.5) is 0 Å². The van der Waals surface area contributed by atoms with Crippen LogP contribution in [0.2, 0.25) is 0 Å². The molecule has 0 unspecified atom stereocenters. The van der Waals surface area contributed by atoms with Crippen LogP contribution in [-0.2, 0) is 6.54 Å². The van der Waals surface area contributed by atoms with Gasteiger partial charge in [-0.05, 0) is 18.5 Å². The first-order valence-corrected chi connectivity index (χ1v) is 6.09. The van der Waals surface area contributed by atoms with Crippen molar-refractivity contribution in [2.24, 2.45) is 5.92 Å². The van der Waals surface area contributed by atoms with Gasteiger partial charge in [0.25, 0.3) is 0 Å². The summed E-state index contributed by atoms with van der Waals surface area (Å²) in [7, 11) is 0. The average Bonchev–Trinajstić information content (AvgIpc) is 2.31. The highest BCUT2D eigenvalue weighted by atomic mass is 16.5. The van der Waals surface area contributed by atoms with Gasteiger partial charge in [0, 0.05) is 18.5 Å². The van der Waals surface area contributed by atoms with Crippen LogP contribution in [0.15, 0.2) is 24.3 Å². The first-order chi connectivity index (χ1) is 8.24. The SMILES string of the molecule is C#CCCOc1ccccc1CNCC(C)C. The van der Waals surface area contributed by atoms with E-state index in [4.69, 9.17) is 11.2 Å². The van der Waals surface area contributed by atoms with Gasteiger partial charge in [-0.3, -0.25) is 0 Å². The Balaban J connectivity index is 2.49. The highest BCUT2D eigenvalue weighted by molar-refractivity contribution is 5.33. The van der Waals surface area contributed by atoms with E-state index in [9.17, 15) is 0 Å². The molecule has 0 aliphatic rings. The van der Waals surface area contributed by atoms with Crippen LogP contribution in [0.5, 0.6) is 5.75 Å². The van der Waals surface area contributed by atoms with E-state index < -0.39 is 0 Å². The van der Waals surface area contributed by atoms with E-state index >= 15 is 0 Å². The summed E-state index contributed by atoms with van der Waals surface area (Å²) in [5.74, 6) is 4.16. The molecule has 1 aromatic rings. The third kappa shape index (κ3) is 5.42. The molecule has 1 rings (SSSR count). The van der Waals surface area contributed by atoms with Crippen molar-refractivity contribution in [1.29, 1.82) is 0 Å². The molecule has 1 aromatic carbocycles. The maximum absolute atomic E-state index is 5.65. The van der Waals surface area contributed by atoms with E-state index in [1.54, 1.807) is 0 Å². The molecule has 0 fully saturated rings. The molecule has 92 valence electrons. The molecule has 0 aliphatic heterocycles. The van der Waals surface area contributed by atoms with Gasteiger partial charge in [-0.25, -0.2) is 0 Å². The van der Waals surface area contributed by atoms with Crippen molar-refractivity contribution in [1.82, 2.24) is 5.32 Å². The Morgan fingerprint density at radius 3 is 2.82 bits per heavy atom. The van der Waals surface area contributed by atoms with Gasteiger partial charge in [0.05, 0.1) is 6.61 Å². The average molecular weight is 231 g/mol. The van der Waals surface area contributed by atoms with E-state index in [1.165, 1.54) is 5.56 Å². The lowest BCUT2D eigenvalue weighted by Gasteiger charge is -2.12. The number of nitrogens with one attached hydrogen (secondary N) is 1. The second-order valence-corrected chi connectivity index (χ2v) is 4.44. The van der Waals surface area contributed by atoms with Crippen LogP contribution in [0.3, 0.4) is 0 Å². The van der Waals surface area contributed by atoms with Gasteiger partial charge in [-0.2, -0.15) is 0 Å². The summed E-state index contributed by atoms with van der Waals surface area (Å²) in [5.41, 5.74) is 1.19. The van der Waals surface area contributed by atoms with Crippen molar-refractivity contribution in [2.75, 3.05) is 13.2 Å². The molecule has 17 heavy (non-hydrogen) atoms. The van der Waals surface area contributed by atoms with E-state index in [0.29, 0.717) is 18.9 Å². The number of terminal acetylenes is 1. The molecular formula is C15H21NO. The summed E-state index contributed by atoms with van der Waals surface area (Å²) >= 11 is 0. The number of hydrogen-bond donors (Lipinski definition) is 1. The lowest BCUT2D eigenvalue weighted by Crippen LogP contribution is -2.19. The third-order valence-electron chi connectivity index (χ3n) is 2.34. The van der Waals surface area contributed by atoms with Crippen molar-refractivity contribution >= 4 is 0 Å². The Labute approximate surface area is 104 Å². The third-order valence-corrected chi connectivity index (χ3v) is 2.34. The number of ether oxygens (including phenoxy) is 1. The van der Waals surface area contributed by atoms with Crippen LogP contribution in [-0.4, -0.2) is 13.2 Å². The van der Waals surface area contributed by atoms with E-state index in [0.717, 1.165) is 18.8 Å². The predicted molar refractivity (Wildman–Crippen MR) is 71.9 cm³/mol. The normalized spacial score (nSPS) is 10.2. The molecule has 1 N–H and O–H groups in total.